The van der Waals surface area contributed by atoms with Gasteiger partial charge in [-0.1, -0.05) is 37.1 Å². The molecule has 0 aromatic carbocycles. The van der Waals surface area contributed by atoms with Gasteiger partial charge in [0.2, 0.25) is 0 Å². The Morgan fingerprint density at radius 3 is 1.86 bits per heavy atom. The molecule has 0 spiro atoms. The Hall–Kier alpha value is -1.05. The van der Waals surface area contributed by atoms with Gasteiger partial charge in [-0.05, 0) is 71.6 Å². The largest absolute Gasteiger partial charge is 0.466 e. The van der Waals surface area contributed by atoms with Crippen LogP contribution in [-0.4, -0.2) is 12.6 Å². The van der Waals surface area contributed by atoms with Crippen molar-refractivity contribution < 1.29 is 9.53 Å². The van der Waals surface area contributed by atoms with Crippen molar-refractivity contribution in [3.63, 3.8) is 0 Å². The van der Waals surface area contributed by atoms with Gasteiger partial charge in [0, 0.05) is 6.42 Å². The lowest BCUT2D eigenvalue weighted by atomic mass is 10.0. The predicted octanol–water partition coefficient (Wildman–Crippen LogP) is 6.07. The molecule has 0 heterocycles. The Kier molecular flexibility index (Phi) is 11.9. The van der Waals surface area contributed by atoms with Gasteiger partial charge in [0.25, 0.3) is 0 Å². The molecule has 0 amide bonds. The van der Waals surface area contributed by atoms with Crippen molar-refractivity contribution >= 4 is 5.97 Å². The normalized spacial score (nSPS) is 13.2. The van der Waals surface area contributed by atoms with Crippen molar-refractivity contribution in [3.05, 3.63) is 23.3 Å². The molecule has 0 bridgehead atoms. The van der Waals surface area contributed by atoms with Crippen molar-refractivity contribution in [2.75, 3.05) is 6.61 Å². The summed E-state index contributed by atoms with van der Waals surface area (Å²) in [5.41, 5.74) is 2.72. The number of esters is 1. The Bertz CT molecular complexity index is 358. The van der Waals surface area contributed by atoms with Gasteiger partial charge in [-0.15, -0.1) is 0 Å². The fourth-order valence-corrected chi connectivity index (χ4v) is 2.28. The van der Waals surface area contributed by atoms with E-state index < -0.39 is 0 Å². The summed E-state index contributed by atoms with van der Waals surface area (Å²) in [5, 5.41) is 0. The summed E-state index contributed by atoms with van der Waals surface area (Å²) in [7, 11) is 0. The zero-order valence-electron chi connectivity index (χ0n) is 15.6. The van der Waals surface area contributed by atoms with Gasteiger partial charge in [0.15, 0.2) is 0 Å². The molecule has 0 aliphatic carbocycles. The third-order valence-corrected chi connectivity index (χ3v) is 3.81. The lowest BCUT2D eigenvalue weighted by Gasteiger charge is -2.12. The number of carbonyl (C=O) groups is 1. The van der Waals surface area contributed by atoms with Crippen LogP contribution in [0, 0.1) is 11.8 Å². The summed E-state index contributed by atoms with van der Waals surface area (Å²) in [5.74, 6) is 0.970. The minimum absolute atomic E-state index is 0.0406. The van der Waals surface area contributed by atoms with E-state index in [1.54, 1.807) is 0 Å². The lowest BCUT2D eigenvalue weighted by Crippen LogP contribution is -2.12. The van der Waals surface area contributed by atoms with Crippen LogP contribution in [0.1, 0.15) is 80.1 Å². The highest BCUT2D eigenvalue weighted by Gasteiger charge is 2.10. The van der Waals surface area contributed by atoms with Gasteiger partial charge >= 0.3 is 5.97 Å². The number of rotatable bonds is 11. The fourth-order valence-electron chi connectivity index (χ4n) is 2.28. The smallest absolute Gasteiger partial charge is 0.306 e. The van der Waals surface area contributed by atoms with Crippen LogP contribution in [0.3, 0.4) is 0 Å². The van der Waals surface area contributed by atoms with Crippen LogP contribution in [0.15, 0.2) is 23.3 Å². The molecule has 0 saturated heterocycles. The van der Waals surface area contributed by atoms with E-state index in [1.165, 1.54) is 17.6 Å². The zero-order valence-corrected chi connectivity index (χ0v) is 15.6. The van der Waals surface area contributed by atoms with E-state index in [4.69, 9.17) is 4.74 Å². The SMILES string of the molecule is CC(C)=CCC[C@@H](C)CCOC(=O)C[C@H](C)CCC=C(C)C. The van der Waals surface area contributed by atoms with Crippen LogP contribution in [0.2, 0.25) is 0 Å². The van der Waals surface area contributed by atoms with Gasteiger partial charge in [-0.25, -0.2) is 0 Å². The van der Waals surface area contributed by atoms with Gasteiger partial charge < -0.3 is 4.74 Å². The first-order chi connectivity index (χ1) is 10.3. The summed E-state index contributed by atoms with van der Waals surface area (Å²) in [6.45, 7) is 13.4. The van der Waals surface area contributed by atoms with E-state index in [-0.39, 0.29) is 5.97 Å². The molecule has 0 N–H and O–H groups in total. The maximum atomic E-state index is 11.8. The molecule has 2 heteroatoms. The van der Waals surface area contributed by atoms with E-state index in [0.717, 1.165) is 25.7 Å². The summed E-state index contributed by atoms with van der Waals surface area (Å²) >= 11 is 0. The van der Waals surface area contributed by atoms with E-state index in [2.05, 4.69) is 53.7 Å². The van der Waals surface area contributed by atoms with Gasteiger partial charge in [0.1, 0.15) is 0 Å². The number of allylic oxidation sites excluding steroid dienone is 4. The van der Waals surface area contributed by atoms with E-state index in [0.29, 0.717) is 24.9 Å². The highest BCUT2D eigenvalue weighted by atomic mass is 16.5. The van der Waals surface area contributed by atoms with Gasteiger partial charge in [-0.2, -0.15) is 0 Å². The molecule has 0 aliphatic heterocycles. The minimum Gasteiger partial charge on any atom is -0.466 e. The van der Waals surface area contributed by atoms with Crippen LogP contribution in [0.25, 0.3) is 0 Å². The molecule has 0 aromatic heterocycles. The molecule has 0 fully saturated rings. The molecule has 128 valence electrons. The van der Waals surface area contributed by atoms with Gasteiger partial charge in [0.05, 0.1) is 6.61 Å². The van der Waals surface area contributed by atoms with E-state index in [9.17, 15) is 4.79 Å². The molecule has 0 aromatic rings. The molecular formula is C20H36O2. The molecule has 0 rings (SSSR count). The predicted molar refractivity (Wildman–Crippen MR) is 95.9 cm³/mol. The molecule has 0 aliphatic rings. The lowest BCUT2D eigenvalue weighted by molar-refractivity contribution is -0.145. The van der Waals surface area contributed by atoms with Crippen LogP contribution in [0.4, 0.5) is 0 Å². The number of hydrogen-bond donors (Lipinski definition) is 0. The van der Waals surface area contributed by atoms with Crippen molar-refractivity contribution in [1.29, 1.82) is 0 Å². The average Bonchev–Trinajstić information content (AvgIpc) is 2.37. The Labute approximate surface area is 138 Å². The number of ether oxygens (including phenoxy) is 1. The average molecular weight is 309 g/mol. The van der Waals surface area contributed by atoms with Crippen molar-refractivity contribution in [2.24, 2.45) is 11.8 Å². The topological polar surface area (TPSA) is 26.3 Å². The Morgan fingerprint density at radius 2 is 1.36 bits per heavy atom. The zero-order chi connectivity index (χ0) is 17.0. The number of carbonyl (C=O) groups excluding carboxylic acids is 1. The highest BCUT2D eigenvalue weighted by molar-refractivity contribution is 5.69. The Morgan fingerprint density at radius 1 is 0.864 bits per heavy atom. The maximum absolute atomic E-state index is 11.8. The first-order valence-electron chi connectivity index (χ1n) is 8.73. The standard InChI is InChI=1S/C20H36O2/c1-16(2)9-7-11-18(5)13-14-22-20(21)15-19(6)12-8-10-17(3)4/h9-10,18-19H,7-8,11-15H2,1-6H3/t18-,19-/m1/s1. The van der Waals surface area contributed by atoms with Crippen molar-refractivity contribution in [3.8, 4) is 0 Å². The molecule has 2 nitrogen and oxygen atoms in total. The number of hydrogen-bond acceptors (Lipinski definition) is 2. The van der Waals surface area contributed by atoms with Crippen LogP contribution in [0.5, 0.6) is 0 Å². The summed E-state index contributed by atoms with van der Waals surface area (Å²) in [6, 6.07) is 0. The molecule has 0 unspecified atom stereocenters. The Balaban J connectivity index is 3.72. The van der Waals surface area contributed by atoms with E-state index >= 15 is 0 Å². The first kappa shape index (κ1) is 20.9. The minimum atomic E-state index is -0.0406. The van der Waals surface area contributed by atoms with E-state index in [1.807, 2.05) is 0 Å². The van der Waals surface area contributed by atoms with Crippen LogP contribution >= 0.6 is 0 Å². The van der Waals surface area contributed by atoms with Crippen LogP contribution in [-0.2, 0) is 9.53 Å². The second kappa shape index (κ2) is 12.5. The highest BCUT2D eigenvalue weighted by Crippen LogP contribution is 2.14. The summed E-state index contributed by atoms with van der Waals surface area (Å²) in [6.07, 6.45) is 10.4. The summed E-state index contributed by atoms with van der Waals surface area (Å²) in [4.78, 5) is 11.8. The fraction of sp³-hybridized carbons (Fsp3) is 0.750. The third-order valence-electron chi connectivity index (χ3n) is 3.81. The van der Waals surface area contributed by atoms with Gasteiger partial charge in [-0.3, -0.25) is 4.79 Å². The van der Waals surface area contributed by atoms with Crippen LogP contribution < -0.4 is 0 Å². The molecule has 0 saturated carbocycles. The molecular weight excluding hydrogens is 272 g/mol. The van der Waals surface area contributed by atoms with Crippen molar-refractivity contribution in [1.82, 2.24) is 0 Å². The summed E-state index contributed by atoms with van der Waals surface area (Å²) < 4.78 is 5.37. The second-order valence-corrected chi connectivity index (χ2v) is 7.14. The first-order valence-corrected chi connectivity index (χ1v) is 8.73. The molecule has 22 heavy (non-hydrogen) atoms. The maximum Gasteiger partial charge on any atom is 0.306 e. The molecule has 0 radical (unpaired) electrons. The monoisotopic (exact) mass is 308 g/mol. The quantitative estimate of drug-likeness (QED) is 0.342. The second-order valence-electron chi connectivity index (χ2n) is 7.14. The molecule has 2 atom stereocenters. The van der Waals surface area contributed by atoms with Crippen molar-refractivity contribution in [2.45, 2.75) is 80.1 Å². The third kappa shape index (κ3) is 13.9.